The number of hydrogen-bond donors (Lipinski definition) is 1. The first-order valence-electron chi connectivity index (χ1n) is 4.71. The highest BCUT2D eigenvalue weighted by molar-refractivity contribution is 5.53. The van der Waals surface area contributed by atoms with Crippen molar-refractivity contribution in [2.45, 2.75) is 12.6 Å². The van der Waals surface area contributed by atoms with E-state index in [0.717, 1.165) is 12.1 Å². The van der Waals surface area contributed by atoms with Gasteiger partial charge in [0.15, 0.2) is 0 Å². The third-order valence-electron chi connectivity index (χ3n) is 2.01. The van der Waals surface area contributed by atoms with Crippen LogP contribution in [0.25, 0.3) is 0 Å². The molecule has 0 saturated carbocycles. The van der Waals surface area contributed by atoms with Gasteiger partial charge in [0.1, 0.15) is 0 Å². The Hall–Kier alpha value is -2.21. The van der Waals surface area contributed by atoms with Crippen molar-refractivity contribution in [2.75, 3.05) is 11.9 Å². The van der Waals surface area contributed by atoms with Crippen molar-refractivity contribution in [1.82, 2.24) is 0 Å². The maximum absolute atomic E-state index is 12.6. The highest BCUT2D eigenvalue weighted by atomic mass is 19.4. The van der Waals surface area contributed by atoms with Gasteiger partial charge < -0.3 is 5.32 Å². The molecule has 0 aliphatic rings. The summed E-state index contributed by atoms with van der Waals surface area (Å²) in [6, 6.07) is 6.72. The first-order chi connectivity index (χ1) is 7.99. The average Bonchev–Trinajstić information content (AvgIpc) is 2.28. The fraction of sp³-hybridized carbons (Fsp3) is 0.273. The minimum atomic E-state index is -4.56. The molecule has 1 rings (SSSR count). The van der Waals surface area contributed by atoms with E-state index in [1.807, 2.05) is 6.07 Å². The van der Waals surface area contributed by atoms with Crippen LogP contribution in [0.15, 0.2) is 18.2 Å². The number of benzene rings is 1. The molecule has 6 heteroatoms. The zero-order valence-corrected chi connectivity index (χ0v) is 8.67. The first kappa shape index (κ1) is 12.9. The van der Waals surface area contributed by atoms with Crippen LogP contribution in [0.3, 0.4) is 0 Å². The van der Waals surface area contributed by atoms with Crippen molar-refractivity contribution < 1.29 is 13.2 Å². The van der Waals surface area contributed by atoms with E-state index < -0.39 is 17.3 Å². The molecule has 0 aliphatic heterocycles. The third kappa shape index (κ3) is 3.39. The summed E-state index contributed by atoms with van der Waals surface area (Å²) in [5.41, 5.74) is -1.14. The molecule has 0 saturated heterocycles. The number of hydrogen-bond acceptors (Lipinski definition) is 3. The topological polar surface area (TPSA) is 59.6 Å². The van der Waals surface area contributed by atoms with E-state index in [4.69, 9.17) is 10.5 Å². The Morgan fingerprint density at radius 1 is 1.24 bits per heavy atom. The fourth-order valence-corrected chi connectivity index (χ4v) is 1.25. The van der Waals surface area contributed by atoms with Crippen LogP contribution in [0, 0.1) is 22.7 Å². The number of nitriles is 2. The van der Waals surface area contributed by atoms with E-state index in [9.17, 15) is 13.2 Å². The number of anilines is 1. The van der Waals surface area contributed by atoms with E-state index in [0.29, 0.717) is 0 Å². The number of halogens is 3. The molecule has 0 spiro atoms. The van der Waals surface area contributed by atoms with E-state index in [1.54, 1.807) is 0 Å². The van der Waals surface area contributed by atoms with Gasteiger partial charge in [-0.05, 0) is 18.2 Å². The van der Waals surface area contributed by atoms with Gasteiger partial charge in [-0.3, -0.25) is 0 Å². The van der Waals surface area contributed by atoms with E-state index >= 15 is 0 Å². The van der Waals surface area contributed by atoms with Gasteiger partial charge >= 0.3 is 6.18 Å². The molecule has 1 aromatic carbocycles. The Morgan fingerprint density at radius 2 is 1.94 bits per heavy atom. The second kappa shape index (κ2) is 5.22. The van der Waals surface area contributed by atoms with Crippen LogP contribution < -0.4 is 5.32 Å². The molecule has 0 radical (unpaired) electrons. The lowest BCUT2D eigenvalue weighted by molar-refractivity contribution is -0.137. The molecule has 1 aromatic rings. The number of nitrogens with one attached hydrogen (secondary N) is 1. The van der Waals surface area contributed by atoms with Crippen LogP contribution in [0.1, 0.15) is 17.5 Å². The molecule has 3 nitrogen and oxygen atoms in total. The fourth-order valence-electron chi connectivity index (χ4n) is 1.25. The van der Waals surface area contributed by atoms with Gasteiger partial charge in [0.25, 0.3) is 0 Å². The van der Waals surface area contributed by atoms with Gasteiger partial charge in [0, 0.05) is 12.2 Å². The molecule has 0 bridgehead atoms. The molecule has 0 heterocycles. The summed E-state index contributed by atoms with van der Waals surface area (Å²) in [5, 5.41) is 19.5. The molecule has 0 amide bonds. The Morgan fingerprint density at radius 3 is 2.47 bits per heavy atom. The zero-order valence-electron chi connectivity index (χ0n) is 8.67. The summed E-state index contributed by atoms with van der Waals surface area (Å²) >= 11 is 0. The Labute approximate surface area is 96.1 Å². The van der Waals surface area contributed by atoms with E-state index in [1.165, 1.54) is 12.1 Å². The molecule has 88 valence electrons. The average molecular weight is 239 g/mol. The van der Waals surface area contributed by atoms with Crippen molar-refractivity contribution in [2.24, 2.45) is 0 Å². The summed E-state index contributed by atoms with van der Waals surface area (Å²) in [6.07, 6.45) is -4.36. The van der Waals surface area contributed by atoms with Crippen molar-refractivity contribution in [3.05, 3.63) is 29.3 Å². The van der Waals surface area contributed by atoms with Gasteiger partial charge in [0.2, 0.25) is 0 Å². The molecular formula is C11H8F3N3. The quantitative estimate of drug-likeness (QED) is 0.825. The van der Waals surface area contributed by atoms with Crippen LogP contribution in [-0.4, -0.2) is 6.54 Å². The lowest BCUT2D eigenvalue weighted by Crippen LogP contribution is -2.09. The highest BCUT2D eigenvalue weighted by Gasteiger charge is 2.33. The Bertz CT molecular complexity index is 480. The molecule has 0 aliphatic carbocycles. The molecule has 17 heavy (non-hydrogen) atoms. The van der Waals surface area contributed by atoms with Crippen LogP contribution >= 0.6 is 0 Å². The minimum absolute atomic E-state index is 0.196. The predicted octanol–water partition coefficient (Wildman–Crippen LogP) is 2.90. The standard InChI is InChI=1S/C11H8F3N3/c12-11(13,14)10-6-9(17-5-1-4-15)3-2-8(10)7-16/h2-3,6,17H,1,5H2. The smallest absolute Gasteiger partial charge is 0.384 e. The number of rotatable bonds is 3. The van der Waals surface area contributed by atoms with Crippen LogP contribution in [0.5, 0.6) is 0 Å². The summed E-state index contributed by atoms with van der Waals surface area (Å²) < 4.78 is 37.7. The predicted molar refractivity (Wildman–Crippen MR) is 54.9 cm³/mol. The maximum atomic E-state index is 12.6. The zero-order chi connectivity index (χ0) is 12.9. The van der Waals surface area contributed by atoms with Crippen LogP contribution in [0.2, 0.25) is 0 Å². The summed E-state index contributed by atoms with van der Waals surface area (Å²) in [6.45, 7) is 0.264. The van der Waals surface area contributed by atoms with Gasteiger partial charge in [-0.15, -0.1) is 0 Å². The lowest BCUT2D eigenvalue weighted by atomic mass is 10.1. The van der Waals surface area contributed by atoms with Crippen LogP contribution in [-0.2, 0) is 6.18 Å². The molecule has 0 aromatic heterocycles. The molecule has 0 atom stereocenters. The molecule has 1 N–H and O–H groups in total. The van der Waals surface area contributed by atoms with Crippen molar-refractivity contribution in [1.29, 1.82) is 10.5 Å². The minimum Gasteiger partial charge on any atom is -0.384 e. The van der Waals surface area contributed by atoms with E-state index in [2.05, 4.69) is 5.32 Å². The Balaban J connectivity index is 2.99. The van der Waals surface area contributed by atoms with Crippen LogP contribution in [0.4, 0.5) is 18.9 Å². The second-order valence-corrected chi connectivity index (χ2v) is 3.20. The van der Waals surface area contributed by atoms with Crippen molar-refractivity contribution in [3.8, 4) is 12.1 Å². The lowest BCUT2D eigenvalue weighted by Gasteiger charge is -2.11. The maximum Gasteiger partial charge on any atom is 0.417 e. The largest absolute Gasteiger partial charge is 0.417 e. The summed E-state index contributed by atoms with van der Waals surface area (Å²) in [5.74, 6) is 0. The van der Waals surface area contributed by atoms with Gasteiger partial charge in [-0.1, -0.05) is 0 Å². The van der Waals surface area contributed by atoms with Crippen molar-refractivity contribution in [3.63, 3.8) is 0 Å². The molecule has 0 fully saturated rings. The number of alkyl halides is 3. The first-order valence-corrected chi connectivity index (χ1v) is 4.71. The second-order valence-electron chi connectivity index (χ2n) is 3.20. The SMILES string of the molecule is N#CCCNc1ccc(C#N)c(C(F)(F)F)c1. The van der Waals surface area contributed by atoms with Crippen molar-refractivity contribution >= 4 is 5.69 Å². The van der Waals surface area contributed by atoms with Gasteiger partial charge in [-0.25, -0.2) is 0 Å². The normalized spacial score (nSPS) is 10.4. The monoisotopic (exact) mass is 239 g/mol. The molecular weight excluding hydrogens is 231 g/mol. The summed E-state index contributed by atoms with van der Waals surface area (Å²) in [7, 11) is 0. The van der Waals surface area contributed by atoms with Gasteiger partial charge in [-0.2, -0.15) is 23.7 Å². The third-order valence-corrected chi connectivity index (χ3v) is 2.01. The Kier molecular flexibility index (Phi) is 3.95. The van der Waals surface area contributed by atoms with Gasteiger partial charge in [0.05, 0.1) is 29.7 Å². The number of nitrogens with zero attached hydrogens (tertiary/aromatic N) is 2. The van der Waals surface area contributed by atoms with E-state index in [-0.39, 0.29) is 18.7 Å². The summed E-state index contributed by atoms with van der Waals surface area (Å²) in [4.78, 5) is 0. The molecule has 0 unspecified atom stereocenters. The highest BCUT2D eigenvalue weighted by Crippen LogP contribution is 2.33.